The predicted molar refractivity (Wildman–Crippen MR) is 125 cm³/mol. The van der Waals surface area contributed by atoms with E-state index in [1.54, 1.807) is 11.0 Å². The number of rotatable bonds is 3. The molecule has 0 saturated carbocycles. The van der Waals surface area contributed by atoms with Crippen LogP contribution in [-0.4, -0.2) is 46.5 Å². The third-order valence-electron chi connectivity index (χ3n) is 6.19. The number of amides is 1. The average molecular weight is 464 g/mol. The highest BCUT2D eigenvalue weighted by molar-refractivity contribution is 5.97. The van der Waals surface area contributed by atoms with Crippen molar-refractivity contribution in [3.8, 4) is 5.69 Å². The van der Waals surface area contributed by atoms with Crippen LogP contribution < -0.4 is 4.90 Å². The Morgan fingerprint density at radius 1 is 0.853 bits per heavy atom. The van der Waals surface area contributed by atoms with E-state index in [0.29, 0.717) is 37.4 Å². The molecule has 1 saturated heterocycles. The first-order valence-corrected chi connectivity index (χ1v) is 11.1. The highest BCUT2D eigenvalue weighted by atomic mass is 19.4. The van der Waals surface area contributed by atoms with Crippen LogP contribution in [-0.2, 0) is 6.18 Å². The second kappa shape index (κ2) is 8.52. The number of piperazine rings is 1. The van der Waals surface area contributed by atoms with Crippen LogP contribution in [0.25, 0.3) is 16.7 Å². The van der Waals surface area contributed by atoms with Gasteiger partial charge in [0.25, 0.3) is 5.91 Å². The van der Waals surface area contributed by atoms with E-state index in [1.807, 2.05) is 60.4 Å². The maximum Gasteiger partial charge on any atom is 0.416 e. The van der Waals surface area contributed by atoms with Gasteiger partial charge in [-0.1, -0.05) is 24.3 Å². The molecule has 3 aromatic carbocycles. The van der Waals surface area contributed by atoms with Gasteiger partial charge in [-0.25, -0.2) is 4.98 Å². The average Bonchev–Trinajstić information content (AvgIpc) is 3.18. The molecule has 1 aliphatic rings. The molecule has 2 heterocycles. The fourth-order valence-corrected chi connectivity index (χ4v) is 4.47. The van der Waals surface area contributed by atoms with Crippen molar-refractivity contribution >= 4 is 22.6 Å². The number of anilines is 1. The Kier molecular flexibility index (Phi) is 5.51. The van der Waals surface area contributed by atoms with Crippen LogP contribution >= 0.6 is 0 Å². The van der Waals surface area contributed by atoms with E-state index < -0.39 is 11.7 Å². The van der Waals surface area contributed by atoms with E-state index >= 15 is 0 Å². The lowest BCUT2D eigenvalue weighted by molar-refractivity contribution is -0.137. The number of hydrogen-bond donors (Lipinski definition) is 0. The van der Waals surface area contributed by atoms with Crippen molar-refractivity contribution in [1.82, 2.24) is 14.5 Å². The standard InChI is InChI=1S/C26H23F3N4O/c1-18-30-23-16-19(10-11-24(23)33(18)21-7-3-2-4-8-21)25(34)32-14-12-31(13-15-32)22-9-5-6-20(17-22)26(27,28)29/h2-11,16-17H,12-15H2,1H3. The molecule has 0 N–H and O–H groups in total. The van der Waals surface area contributed by atoms with Crippen LogP contribution in [0.15, 0.2) is 72.8 Å². The third kappa shape index (κ3) is 4.11. The highest BCUT2D eigenvalue weighted by Crippen LogP contribution is 2.32. The number of benzene rings is 3. The Labute approximate surface area is 195 Å². The first kappa shape index (κ1) is 22.0. The molecule has 8 heteroatoms. The molecule has 0 unspecified atom stereocenters. The summed E-state index contributed by atoms with van der Waals surface area (Å²) in [5, 5.41) is 0. The van der Waals surface area contributed by atoms with Crippen molar-refractivity contribution in [3.63, 3.8) is 0 Å². The number of aryl methyl sites for hydroxylation is 1. The fourth-order valence-electron chi connectivity index (χ4n) is 4.47. The summed E-state index contributed by atoms with van der Waals surface area (Å²) in [4.78, 5) is 21.4. The zero-order chi connectivity index (χ0) is 23.9. The predicted octanol–water partition coefficient (Wildman–Crippen LogP) is 5.32. The Balaban J connectivity index is 1.32. The van der Waals surface area contributed by atoms with Crippen molar-refractivity contribution in [2.24, 2.45) is 0 Å². The minimum atomic E-state index is -4.38. The summed E-state index contributed by atoms with van der Waals surface area (Å²) in [5.74, 6) is 0.734. The molecular formula is C26H23F3N4O. The zero-order valence-electron chi connectivity index (χ0n) is 18.6. The summed E-state index contributed by atoms with van der Waals surface area (Å²) in [6.45, 7) is 3.74. The molecule has 4 aromatic rings. The smallest absolute Gasteiger partial charge is 0.368 e. The van der Waals surface area contributed by atoms with Crippen molar-refractivity contribution in [2.75, 3.05) is 31.1 Å². The lowest BCUT2D eigenvalue weighted by Crippen LogP contribution is -2.48. The van der Waals surface area contributed by atoms with Gasteiger partial charge in [0.15, 0.2) is 0 Å². The largest absolute Gasteiger partial charge is 0.416 e. The Morgan fingerprint density at radius 2 is 1.56 bits per heavy atom. The topological polar surface area (TPSA) is 41.4 Å². The Bertz CT molecular complexity index is 1340. The monoisotopic (exact) mass is 464 g/mol. The van der Waals surface area contributed by atoms with Gasteiger partial charge in [0, 0.05) is 43.1 Å². The van der Waals surface area contributed by atoms with E-state index in [4.69, 9.17) is 0 Å². The number of fused-ring (bicyclic) bond motifs is 1. The molecule has 0 atom stereocenters. The SMILES string of the molecule is Cc1nc2cc(C(=O)N3CCN(c4cccc(C(F)(F)F)c4)CC3)ccc2n1-c1ccccc1. The summed E-state index contributed by atoms with van der Waals surface area (Å²) in [6.07, 6.45) is -4.38. The number of imidazole rings is 1. The molecule has 0 radical (unpaired) electrons. The van der Waals surface area contributed by atoms with Crippen molar-refractivity contribution in [3.05, 3.63) is 89.7 Å². The number of carbonyl (C=O) groups excluding carboxylic acids is 1. The normalized spacial score (nSPS) is 14.6. The highest BCUT2D eigenvalue weighted by Gasteiger charge is 2.31. The van der Waals surface area contributed by atoms with Gasteiger partial charge in [-0.2, -0.15) is 13.2 Å². The van der Waals surface area contributed by atoms with Gasteiger partial charge >= 0.3 is 6.18 Å². The van der Waals surface area contributed by atoms with Crippen LogP contribution in [0.5, 0.6) is 0 Å². The van der Waals surface area contributed by atoms with Gasteiger partial charge in [-0.05, 0) is 55.5 Å². The molecule has 34 heavy (non-hydrogen) atoms. The summed E-state index contributed by atoms with van der Waals surface area (Å²) in [5.41, 5.74) is 3.08. The molecule has 0 spiro atoms. The minimum Gasteiger partial charge on any atom is -0.368 e. The minimum absolute atomic E-state index is 0.0995. The van der Waals surface area contributed by atoms with Crippen LogP contribution in [0, 0.1) is 6.92 Å². The quantitative estimate of drug-likeness (QED) is 0.412. The maximum absolute atomic E-state index is 13.2. The number of alkyl halides is 3. The first-order chi connectivity index (χ1) is 16.3. The van der Waals surface area contributed by atoms with Gasteiger partial charge in [0.2, 0.25) is 0 Å². The number of carbonyl (C=O) groups is 1. The van der Waals surface area contributed by atoms with Gasteiger partial charge < -0.3 is 9.80 Å². The van der Waals surface area contributed by atoms with E-state index in [-0.39, 0.29) is 5.91 Å². The molecule has 174 valence electrons. The summed E-state index contributed by atoms with van der Waals surface area (Å²) in [7, 11) is 0. The molecule has 1 fully saturated rings. The van der Waals surface area contributed by atoms with Crippen molar-refractivity contribution in [2.45, 2.75) is 13.1 Å². The van der Waals surface area contributed by atoms with E-state index in [0.717, 1.165) is 34.7 Å². The fraction of sp³-hybridized carbons (Fsp3) is 0.231. The molecule has 0 aliphatic carbocycles. The third-order valence-corrected chi connectivity index (χ3v) is 6.19. The van der Waals surface area contributed by atoms with Gasteiger partial charge in [-0.15, -0.1) is 0 Å². The summed E-state index contributed by atoms with van der Waals surface area (Å²) in [6, 6.07) is 20.8. The molecule has 5 rings (SSSR count). The second-order valence-electron chi connectivity index (χ2n) is 8.36. The second-order valence-corrected chi connectivity index (χ2v) is 8.36. The number of aromatic nitrogens is 2. The zero-order valence-corrected chi connectivity index (χ0v) is 18.6. The number of nitrogens with zero attached hydrogens (tertiary/aromatic N) is 4. The molecule has 1 amide bonds. The first-order valence-electron chi connectivity index (χ1n) is 11.1. The van der Waals surface area contributed by atoms with E-state index in [1.165, 1.54) is 6.07 Å². The number of para-hydroxylation sites is 1. The van der Waals surface area contributed by atoms with Crippen LogP contribution in [0.1, 0.15) is 21.7 Å². The van der Waals surface area contributed by atoms with Gasteiger partial charge in [-0.3, -0.25) is 9.36 Å². The summed E-state index contributed by atoms with van der Waals surface area (Å²) >= 11 is 0. The molecule has 5 nitrogen and oxygen atoms in total. The maximum atomic E-state index is 13.2. The summed E-state index contributed by atoms with van der Waals surface area (Å²) < 4.78 is 41.2. The number of halogens is 3. The molecule has 1 aromatic heterocycles. The number of hydrogen-bond acceptors (Lipinski definition) is 3. The molecule has 0 bridgehead atoms. The van der Waals surface area contributed by atoms with Crippen LogP contribution in [0.4, 0.5) is 18.9 Å². The van der Waals surface area contributed by atoms with Crippen molar-refractivity contribution in [1.29, 1.82) is 0 Å². The Hall–Kier alpha value is -3.81. The lowest BCUT2D eigenvalue weighted by atomic mass is 10.1. The van der Waals surface area contributed by atoms with Crippen LogP contribution in [0.2, 0.25) is 0 Å². The van der Waals surface area contributed by atoms with Gasteiger partial charge in [0.1, 0.15) is 5.82 Å². The Morgan fingerprint density at radius 3 is 2.26 bits per heavy atom. The molecule has 1 aliphatic heterocycles. The lowest BCUT2D eigenvalue weighted by Gasteiger charge is -2.36. The van der Waals surface area contributed by atoms with E-state index in [2.05, 4.69) is 9.55 Å². The van der Waals surface area contributed by atoms with Crippen LogP contribution in [0.3, 0.4) is 0 Å². The van der Waals surface area contributed by atoms with E-state index in [9.17, 15) is 18.0 Å². The van der Waals surface area contributed by atoms with Gasteiger partial charge in [0.05, 0.1) is 16.6 Å². The molecular weight excluding hydrogens is 441 g/mol. The van der Waals surface area contributed by atoms with Crippen molar-refractivity contribution < 1.29 is 18.0 Å².